The minimum atomic E-state index is -3.55. The molecule has 0 spiro atoms. The van der Waals surface area contributed by atoms with E-state index in [0.717, 1.165) is 20.5 Å². The highest BCUT2D eigenvalue weighted by Gasteiger charge is 2.40. The van der Waals surface area contributed by atoms with Gasteiger partial charge in [0.25, 0.3) is 0 Å². The van der Waals surface area contributed by atoms with Crippen molar-refractivity contribution >= 4 is 29.0 Å². The molecule has 2 heterocycles. The highest BCUT2D eigenvalue weighted by Crippen LogP contribution is 2.64. The van der Waals surface area contributed by atoms with Crippen molar-refractivity contribution in [2.45, 2.75) is 32.9 Å². The second-order valence-corrected chi connectivity index (χ2v) is 10.3. The molecule has 0 N–H and O–H groups in total. The van der Waals surface area contributed by atoms with E-state index >= 15 is 0 Å². The van der Waals surface area contributed by atoms with Gasteiger partial charge >= 0.3 is 7.60 Å². The van der Waals surface area contributed by atoms with Gasteiger partial charge in [-0.3, -0.25) is 4.57 Å². The minimum Gasteiger partial charge on any atom is -0.453 e. The number of hydrogen-bond acceptors (Lipinski definition) is 6. The van der Waals surface area contributed by atoms with Crippen LogP contribution in [0.4, 0.5) is 4.39 Å². The standard InChI is InChI=1S/C22H24FO5PS/c1-4-27-29(24,28-5-2)19(22-14(3)17-8-6-7-9-20(17)30-22)11-15-10-16(23)12-18-21(15)26-13-25-18/h6-10,12,19H,4-5,11,13H2,1-3H3. The highest BCUT2D eigenvalue weighted by atomic mass is 32.1. The van der Waals surface area contributed by atoms with E-state index in [9.17, 15) is 8.96 Å². The minimum absolute atomic E-state index is 0.0347. The van der Waals surface area contributed by atoms with Crippen molar-refractivity contribution < 1.29 is 27.5 Å². The molecule has 1 unspecified atom stereocenters. The van der Waals surface area contributed by atoms with Gasteiger partial charge in [-0.2, -0.15) is 0 Å². The molecule has 4 rings (SSSR count). The first-order chi connectivity index (χ1) is 14.5. The Morgan fingerprint density at radius 3 is 2.60 bits per heavy atom. The van der Waals surface area contributed by atoms with E-state index in [1.807, 2.05) is 31.2 Å². The number of rotatable bonds is 8. The molecule has 1 aromatic heterocycles. The summed E-state index contributed by atoms with van der Waals surface area (Å²) in [4.78, 5) is 0.915. The summed E-state index contributed by atoms with van der Waals surface area (Å²) < 4.78 is 51.7. The van der Waals surface area contributed by atoms with Crippen molar-refractivity contribution in [3.63, 3.8) is 0 Å². The van der Waals surface area contributed by atoms with Crippen molar-refractivity contribution in [2.75, 3.05) is 20.0 Å². The molecular weight excluding hydrogens is 426 g/mol. The lowest BCUT2D eigenvalue weighted by Gasteiger charge is -2.26. The van der Waals surface area contributed by atoms with Crippen LogP contribution in [-0.4, -0.2) is 20.0 Å². The molecule has 2 aromatic carbocycles. The van der Waals surface area contributed by atoms with Crippen molar-refractivity contribution in [1.29, 1.82) is 0 Å². The Morgan fingerprint density at radius 2 is 1.90 bits per heavy atom. The van der Waals surface area contributed by atoms with E-state index in [1.54, 1.807) is 25.2 Å². The van der Waals surface area contributed by atoms with Crippen LogP contribution in [0.5, 0.6) is 11.5 Å². The number of ether oxygens (including phenoxy) is 2. The van der Waals surface area contributed by atoms with Crippen molar-refractivity contribution in [2.24, 2.45) is 0 Å². The first-order valence-corrected chi connectivity index (χ1v) is 12.3. The molecule has 0 radical (unpaired) electrons. The molecule has 0 amide bonds. The molecule has 1 atom stereocenters. The lowest BCUT2D eigenvalue weighted by atomic mass is 10.0. The molecule has 0 saturated carbocycles. The third-order valence-electron chi connectivity index (χ3n) is 5.11. The number of hydrogen-bond donors (Lipinski definition) is 0. The molecule has 8 heteroatoms. The fourth-order valence-electron chi connectivity index (χ4n) is 3.84. The molecular formula is C22H24FO5PS. The molecule has 3 aromatic rings. The van der Waals surface area contributed by atoms with Gasteiger partial charge < -0.3 is 18.5 Å². The normalized spacial score (nSPS) is 14.4. The third kappa shape index (κ3) is 3.87. The Balaban J connectivity index is 1.86. The average molecular weight is 450 g/mol. The van der Waals surface area contributed by atoms with Crippen molar-refractivity contribution in [1.82, 2.24) is 0 Å². The summed E-state index contributed by atoms with van der Waals surface area (Å²) in [5.74, 6) is 0.419. The predicted molar refractivity (Wildman–Crippen MR) is 116 cm³/mol. The largest absolute Gasteiger partial charge is 0.453 e. The molecule has 30 heavy (non-hydrogen) atoms. The van der Waals surface area contributed by atoms with E-state index in [4.69, 9.17) is 18.5 Å². The van der Waals surface area contributed by atoms with Crippen LogP contribution in [0.15, 0.2) is 36.4 Å². The summed E-state index contributed by atoms with van der Waals surface area (Å²) in [6.07, 6.45) is 0.244. The van der Waals surface area contributed by atoms with E-state index in [0.29, 0.717) is 17.1 Å². The summed E-state index contributed by atoms with van der Waals surface area (Å²) >= 11 is 1.57. The first kappa shape index (κ1) is 21.3. The topological polar surface area (TPSA) is 54.0 Å². The summed E-state index contributed by atoms with van der Waals surface area (Å²) in [7, 11) is -3.55. The van der Waals surface area contributed by atoms with Gasteiger partial charge in [-0.25, -0.2) is 4.39 Å². The van der Waals surface area contributed by atoms with Crippen LogP contribution in [0.25, 0.3) is 10.1 Å². The fourth-order valence-corrected chi connectivity index (χ4v) is 7.64. The van der Waals surface area contributed by atoms with Gasteiger partial charge in [0.2, 0.25) is 6.79 Å². The lowest BCUT2D eigenvalue weighted by molar-refractivity contribution is 0.173. The number of thiophene rings is 1. The second kappa shape index (κ2) is 8.67. The first-order valence-electron chi connectivity index (χ1n) is 9.91. The Kier molecular flexibility index (Phi) is 6.16. The summed E-state index contributed by atoms with van der Waals surface area (Å²) in [6, 6.07) is 10.8. The molecule has 5 nitrogen and oxygen atoms in total. The molecule has 160 valence electrons. The Morgan fingerprint density at radius 1 is 1.17 bits per heavy atom. The molecule has 0 aliphatic carbocycles. The number of benzene rings is 2. The van der Waals surface area contributed by atoms with Crippen LogP contribution in [-0.2, 0) is 20.0 Å². The van der Waals surface area contributed by atoms with Gasteiger partial charge in [-0.15, -0.1) is 11.3 Å². The number of halogens is 1. The SMILES string of the molecule is CCOP(=O)(OCC)C(Cc1cc(F)cc2c1OCO2)c1sc2ccccc2c1C. The van der Waals surface area contributed by atoms with Gasteiger partial charge in [0.05, 0.1) is 13.2 Å². The zero-order valence-electron chi connectivity index (χ0n) is 17.1. The zero-order chi connectivity index (χ0) is 21.3. The smallest absolute Gasteiger partial charge is 0.339 e. The maximum atomic E-state index is 14.3. The Hall–Kier alpha value is -1.92. The molecule has 0 fully saturated rings. The highest BCUT2D eigenvalue weighted by molar-refractivity contribution is 7.54. The summed E-state index contributed by atoms with van der Waals surface area (Å²) in [6.45, 7) is 6.12. The average Bonchev–Trinajstić information content (AvgIpc) is 3.31. The van der Waals surface area contributed by atoms with Gasteiger partial charge in [0.1, 0.15) is 11.5 Å². The summed E-state index contributed by atoms with van der Waals surface area (Å²) in [5.41, 5.74) is 1.03. The Bertz CT molecular complexity index is 1100. The number of aryl methyl sites for hydroxylation is 1. The van der Waals surface area contributed by atoms with E-state index in [-0.39, 0.29) is 26.4 Å². The van der Waals surface area contributed by atoms with Gasteiger partial charge in [0.15, 0.2) is 11.5 Å². The number of fused-ring (bicyclic) bond motifs is 2. The molecule has 1 aliphatic heterocycles. The molecule has 0 saturated heterocycles. The second-order valence-electron chi connectivity index (χ2n) is 6.98. The van der Waals surface area contributed by atoms with Crippen molar-refractivity contribution in [3.8, 4) is 11.5 Å². The zero-order valence-corrected chi connectivity index (χ0v) is 18.9. The maximum absolute atomic E-state index is 14.3. The van der Waals surface area contributed by atoms with Crippen LogP contribution >= 0.6 is 18.9 Å². The lowest BCUT2D eigenvalue weighted by Crippen LogP contribution is -2.10. The monoisotopic (exact) mass is 450 g/mol. The fraction of sp³-hybridized carbons (Fsp3) is 0.364. The van der Waals surface area contributed by atoms with Gasteiger partial charge in [-0.05, 0) is 50.3 Å². The van der Waals surface area contributed by atoms with E-state index in [1.165, 1.54) is 12.1 Å². The van der Waals surface area contributed by atoms with Crippen LogP contribution < -0.4 is 9.47 Å². The Labute approximate surface area is 179 Å². The van der Waals surface area contributed by atoms with E-state index < -0.39 is 19.1 Å². The van der Waals surface area contributed by atoms with Gasteiger partial charge in [0, 0.05) is 21.2 Å². The van der Waals surface area contributed by atoms with Crippen LogP contribution in [0.3, 0.4) is 0 Å². The maximum Gasteiger partial charge on any atom is 0.339 e. The predicted octanol–water partition coefficient (Wildman–Crippen LogP) is 6.63. The summed E-state index contributed by atoms with van der Waals surface area (Å²) in [5, 5.41) is 1.10. The quantitative estimate of drug-likeness (QED) is 0.361. The van der Waals surface area contributed by atoms with Gasteiger partial charge in [-0.1, -0.05) is 18.2 Å². The molecule has 0 bridgehead atoms. The van der Waals surface area contributed by atoms with Crippen LogP contribution in [0.2, 0.25) is 0 Å². The van der Waals surface area contributed by atoms with E-state index in [2.05, 4.69) is 0 Å². The van der Waals surface area contributed by atoms with Crippen LogP contribution in [0, 0.1) is 12.7 Å². The third-order valence-corrected chi connectivity index (χ3v) is 9.11. The molecule has 1 aliphatic rings. The van der Waals surface area contributed by atoms with Crippen molar-refractivity contribution in [3.05, 3.63) is 58.2 Å². The van der Waals surface area contributed by atoms with Crippen LogP contribution in [0.1, 0.15) is 35.5 Å².